The summed E-state index contributed by atoms with van der Waals surface area (Å²) in [6.07, 6.45) is 5.90. The van der Waals surface area contributed by atoms with Crippen LogP contribution in [0.1, 0.15) is 31.2 Å². The topological polar surface area (TPSA) is 58.3 Å². The molecule has 0 saturated carbocycles. The van der Waals surface area contributed by atoms with E-state index in [0.717, 1.165) is 56.4 Å². The van der Waals surface area contributed by atoms with Crippen molar-refractivity contribution in [2.24, 2.45) is 4.99 Å². The highest BCUT2D eigenvalue weighted by Crippen LogP contribution is 2.21. The number of nitrogens with zero attached hydrogens (tertiary/aromatic N) is 5. The van der Waals surface area contributed by atoms with Crippen molar-refractivity contribution < 1.29 is 0 Å². The van der Waals surface area contributed by atoms with Crippen molar-refractivity contribution in [3.8, 4) is 0 Å². The lowest BCUT2D eigenvalue weighted by atomic mass is 10.1. The number of aromatic nitrogens is 3. The van der Waals surface area contributed by atoms with Gasteiger partial charge < -0.3 is 14.8 Å². The van der Waals surface area contributed by atoms with Crippen LogP contribution in [0.2, 0.25) is 10.0 Å². The average molecular weight is 537 g/mol. The molecule has 2 heterocycles. The maximum absolute atomic E-state index is 6.27. The molecule has 1 aromatic heterocycles. The van der Waals surface area contributed by atoms with Gasteiger partial charge in [-0.25, -0.2) is 0 Å². The number of benzene rings is 1. The smallest absolute Gasteiger partial charge is 0.193 e. The van der Waals surface area contributed by atoms with E-state index in [-0.39, 0.29) is 24.0 Å². The molecule has 1 saturated heterocycles. The zero-order chi connectivity index (χ0) is 19.1. The summed E-state index contributed by atoms with van der Waals surface area (Å²) in [6, 6.07) is 5.63. The van der Waals surface area contributed by atoms with E-state index in [1.54, 1.807) is 12.4 Å². The number of hydrogen-bond acceptors (Lipinski definition) is 3. The number of aliphatic imine (C=N–C) groups is 1. The predicted molar refractivity (Wildman–Crippen MR) is 126 cm³/mol. The lowest BCUT2D eigenvalue weighted by molar-refractivity contribution is 0.486. The zero-order valence-electron chi connectivity index (χ0n) is 16.1. The van der Waals surface area contributed by atoms with E-state index in [4.69, 9.17) is 28.2 Å². The summed E-state index contributed by atoms with van der Waals surface area (Å²) in [7, 11) is 0. The van der Waals surface area contributed by atoms with Crippen molar-refractivity contribution >= 4 is 53.1 Å². The highest BCUT2D eigenvalue weighted by molar-refractivity contribution is 14.0. The molecule has 1 fully saturated rings. The van der Waals surface area contributed by atoms with Crippen LogP contribution in [0.5, 0.6) is 0 Å². The van der Waals surface area contributed by atoms with Gasteiger partial charge in [0.2, 0.25) is 0 Å². The van der Waals surface area contributed by atoms with Gasteiger partial charge in [-0.15, -0.1) is 34.2 Å². The van der Waals surface area contributed by atoms with Gasteiger partial charge in [0.05, 0.1) is 0 Å². The SMILES string of the molecule is CCc1nncn1CCNC(=NCCc1ccc(Cl)cc1Cl)N1CCCC1.I. The predicted octanol–water partition coefficient (Wildman–Crippen LogP) is 4.05. The fourth-order valence-electron chi connectivity index (χ4n) is 3.23. The van der Waals surface area contributed by atoms with Crippen LogP contribution in [0, 0.1) is 0 Å². The molecule has 0 spiro atoms. The first-order valence-electron chi connectivity index (χ1n) is 9.51. The number of rotatable bonds is 7. The van der Waals surface area contributed by atoms with E-state index in [2.05, 4.69) is 31.9 Å². The van der Waals surface area contributed by atoms with Crippen molar-refractivity contribution in [1.29, 1.82) is 0 Å². The normalized spacial score (nSPS) is 14.2. The van der Waals surface area contributed by atoms with Crippen molar-refractivity contribution in [1.82, 2.24) is 25.0 Å². The Morgan fingerprint density at radius 1 is 1.25 bits per heavy atom. The molecule has 0 radical (unpaired) electrons. The molecule has 0 atom stereocenters. The minimum Gasteiger partial charge on any atom is -0.354 e. The molecular weight excluding hydrogens is 510 g/mol. The van der Waals surface area contributed by atoms with Crippen molar-refractivity contribution in [2.75, 3.05) is 26.2 Å². The van der Waals surface area contributed by atoms with Crippen LogP contribution in [-0.2, 0) is 19.4 Å². The maximum atomic E-state index is 6.27. The summed E-state index contributed by atoms with van der Waals surface area (Å²) in [6.45, 7) is 6.51. The molecule has 1 aromatic carbocycles. The third-order valence-electron chi connectivity index (χ3n) is 4.71. The second-order valence-corrected chi connectivity index (χ2v) is 7.45. The molecular formula is C19H27Cl2IN6. The van der Waals surface area contributed by atoms with Crippen LogP contribution in [0.15, 0.2) is 29.5 Å². The third-order valence-corrected chi connectivity index (χ3v) is 5.30. The Hall–Kier alpha value is -1.06. The number of hydrogen-bond donors (Lipinski definition) is 1. The molecule has 0 unspecified atom stereocenters. The third kappa shape index (κ3) is 6.49. The van der Waals surface area contributed by atoms with Crippen LogP contribution < -0.4 is 5.32 Å². The first-order valence-corrected chi connectivity index (χ1v) is 10.3. The van der Waals surface area contributed by atoms with Gasteiger partial charge in [0, 0.05) is 49.2 Å². The van der Waals surface area contributed by atoms with Crippen LogP contribution in [0.3, 0.4) is 0 Å². The Balaban J connectivity index is 0.00000280. The van der Waals surface area contributed by atoms with Crippen LogP contribution >= 0.6 is 47.2 Å². The van der Waals surface area contributed by atoms with E-state index in [9.17, 15) is 0 Å². The lowest BCUT2D eigenvalue weighted by Crippen LogP contribution is -2.41. The van der Waals surface area contributed by atoms with Gasteiger partial charge in [-0.2, -0.15) is 0 Å². The summed E-state index contributed by atoms with van der Waals surface area (Å²) in [4.78, 5) is 7.16. The Labute approximate surface area is 193 Å². The van der Waals surface area contributed by atoms with Gasteiger partial charge >= 0.3 is 0 Å². The summed E-state index contributed by atoms with van der Waals surface area (Å²) in [5.74, 6) is 1.98. The monoisotopic (exact) mass is 536 g/mol. The molecule has 2 aromatic rings. The Bertz CT molecular complexity index is 774. The molecule has 1 aliphatic rings. The van der Waals surface area contributed by atoms with Gasteiger partial charge in [-0.3, -0.25) is 4.99 Å². The molecule has 9 heteroatoms. The summed E-state index contributed by atoms with van der Waals surface area (Å²) in [5.41, 5.74) is 1.07. The summed E-state index contributed by atoms with van der Waals surface area (Å²) >= 11 is 12.2. The van der Waals surface area contributed by atoms with Gasteiger partial charge in [-0.1, -0.05) is 36.2 Å². The van der Waals surface area contributed by atoms with Gasteiger partial charge in [0.25, 0.3) is 0 Å². The van der Waals surface area contributed by atoms with E-state index in [0.29, 0.717) is 16.6 Å². The van der Waals surface area contributed by atoms with E-state index in [1.807, 2.05) is 12.1 Å². The van der Waals surface area contributed by atoms with Crippen molar-refractivity contribution in [3.63, 3.8) is 0 Å². The molecule has 28 heavy (non-hydrogen) atoms. The fraction of sp³-hybridized carbons (Fsp3) is 0.526. The summed E-state index contributed by atoms with van der Waals surface area (Å²) < 4.78 is 2.09. The molecule has 154 valence electrons. The molecule has 0 aliphatic carbocycles. The van der Waals surface area contributed by atoms with Crippen LogP contribution in [0.25, 0.3) is 0 Å². The highest BCUT2D eigenvalue weighted by Gasteiger charge is 2.16. The fourth-order valence-corrected chi connectivity index (χ4v) is 3.73. The highest BCUT2D eigenvalue weighted by atomic mass is 127. The standard InChI is InChI=1S/C19H26Cl2N6.HI/c1-2-18-25-24-14-27(18)12-9-23-19(26-10-3-4-11-26)22-8-7-15-5-6-16(20)13-17(15)21;/h5-6,13-14H,2-4,7-12H2,1H3,(H,22,23);1H. The molecule has 6 nitrogen and oxygen atoms in total. The number of nitrogens with one attached hydrogen (secondary N) is 1. The van der Waals surface area contributed by atoms with Crippen LogP contribution in [0.4, 0.5) is 0 Å². The Morgan fingerprint density at radius 3 is 2.75 bits per heavy atom. The van der Waals surface area contributed by atoms with Gasteiger partial charge in [0.1, 0.15) is 12.2 Å². The van der Waals surface area contributed by atoms with E-state index >= 15 is 0 Å². The number of aryl methyl sites for hydroxylation is 1. The number of likely N-dealkylation sites (tertiary alicyclic amines) is 1. The number of halogens is 3. The first-order chi connectivity index (χ1) is 13.2. The number of guanidine groups is 1. The van der Waals surface area contributed by atoms with Crippen LogP contribution in [-0.4, -0.2) is 51.8 Å². The second kappa shape index (κ2) is 11.8. The van der Waals surface area contributed by atoms with E-state index < -0.39 is 0 Å². The quantitative estimate of drug-likeness (QED) is 0.329. The van der Waals surface area contributed by atoms with Gasteiger partial charge in [-0.05, 0) is 37.0 Å². The van der Waals surface area contributed by atoms with Crippen molar-refractivity contribution in [3.05, 3.63) is 46.0 Å². The second-order valence-electron chi connectivity index (χ2n) is 6.61. The minimum absolute atomic E-state index is 0. The van der Waals surface area contributed by atoms with E-state index in [1.165, 1.54) is 12.8 Å². The van der Waals surface area contributed by atoms with Crippen molar-refractivity contribution in [2.45, 2.75) is 39.2 Å². The molecule has 1 aliphatic heterocycles. The summed E-state index contributed by atoms with van der Waals surface area (Å²) in [5, 5.41) is 13.0. The average Bonchev–Trinajstić information content (AvgIpc) is 3.33. The molecule has 0 bridgehead atoms. The Morgan fingerprint density at radius 2 is 2.04 bits per heavy atom. The Kier molecular flexibility index (Phi) is 9.81. The minimum atomic E-state index is 0. The lowest BCUT2D eigenvalue weighted by Gasteiger charge is -2.21. The van der Waals surface area contributed by atoms with Gasteiger partial charge in [0.15, 0.2) is 5.96 Å². The largest absolute Gasteiger partial charge is 0.354 e. The molecule has 0 amide bonds. The zero-order valence-corrected chi connectivity index (χ0v) is 19.9. The molecule has 3 rings (SSSR count). The molecule has 1 N–H and O–H groups in total. The first kappa shape index (κ1) is 23.2. The maximum Gasteiger partial charge on any atom is 0.193 e.